The first-order valence-electron chi connectivity index (χ1n) is 4.99. The van der Waals surface area contributed by atoms with Crippen molar-refractivity contribution in [3.63, 3.8) is 0 Å². The summed E-state index contributed by atoms with van der Waals surface area (Å²) in [6.45, 7) is 5.59. The summed E-state index contributed by atoms with van der Waals surface area (Å²) in [6, 6.07) is 0. The molecule has 1 saturated carbocycles. The van der Waals surface area contributed by atoms with Crippen molar-refractivity contribution in [2.24, 2.45) is 11.7 Å². The highest BCUT2D eigenvalue weighted by molar-refractivity contribution is 5.76. The number of nitrogens with two attached hydrogens (primary N) is 1. The van der Waals surface area contributed by atoms with E-state index in [0.29, 0.717) is 25.7 Å². The predicted molar refractivity (Wildman–Crippen MR) is 52.0 cm³/mol. The van der Waals surface area contributed by atoms with Gasteiger partial charge in [-0.15, -0.1) is 0 Å². The molecule has 1 aliphatic carbocycles. The molecule has 1 amide bonds. The van der Waals surface area contributed by atoms with E-state index in [-0.39, 0.29) is 11.8 Å². The van der Waals surface area contributed by atoms with Crippen LogP contribution in [0.1, 0.15) is 46.5 Å². The van der Waals surface area contributed by atoms with Crippen molar-refractivity contribution in [2.75, 3.05) is 0 Å². The maximum atomic E-state index is 13.2. The molecule has 1 fully saturated rings. The van der Waals surface area contributed by atoms with Crippen molar-refractivity contribution in [3.8, 4) is 0 Å². The molecule has 13 heavy (non-hydrogen) atoms. The van der Waals surface area contributed by atoms with Gasteiger partial charge < -0.3 is 5.73 Å². The third-order valence-electron chi connectivity index (χ3n) is 2.43. The number of rotatable bonds is 1. The lowest BCUT2D eigenvalue weighted by Gasteiger charge is -2.29. The van der Waals surface area contributed by atoms with E-state index in [2.05, 4.69) is 0 Å². The molecule has 2 N–H and O–H groups in total. The van der Waals surface area contributed by atoms with E-state index in [1.165, 1.54) is 0 Å². The van der Waals surface area contributed by atoms with Crippen LogP contribution in [0, 0.1) is 5.92 Å². The first-order chi connectivity index (χ1) is 6.01. The van der Waals surface area contributed by atoms with Gasteiger partial charge in [-0.05, 0) is 32.6 Å². The average Bonchev–Trinajstić information content (AvgIpc) is 2.07. The van der Waals surface area contributed by atoms with E-state index in [9.17, 15) is 9.18 Å². The van der Waals surface area contributed by atoms with Crippen LogP contribution in [0.2, 0.25) is 0 Å². The molecule has 2 nitrogen and oxygen atoms in total. The Hall–Kier alpha value is -0.600. The Kier molecular flexibility index (Phi) is 4.96. The van der Waals surface area contributed by atoms with Gasteiger partial charge >= 0.3 is 0 Å². The summed E-state index contributed by atoms with van der Waals surface area (Å²) in [5.41, 5.74) is 4.03. The normalized spacial score (nSPS) is 33.1. The van der Waals surface area contributed by atoms with Crippen LogP contribution in [0.25, 0.3) is 0 Å². The van der Waals surface area contributed by atoms with E-state index in [1.807, 2.05) is 13.8 Å². The lowest BCUT2D eigenvalue weighted by molar-refractivity contribution is -0.123. The topological polar surface area (TPSA) is 43.1 Å². The molecule has 78 valence electrons. The van der Waals surface area contributed by atoms with Crippen molar-refractivity contribution in [2.45, 2.75) is 52.1 Å². The van der Waals surface area contributed by atoms with Crippen molar-refractivity contribution in [1.82, 2.24) is 0 Å². The molecular formula is C10H20FNO. The van der Waals surface area contributed by atoms with Gasteiger partial charge in [-0.1, -0.05) is 13.8 Å². The SMILES string of the molecule is CC.CC1(F)CCC(C(N)=O)CC1. The molecular weight excluding hydrogens is 169 g/mol. The van der Waals surface area contributed by atoms with Crippen LogP contribution in [0.5, 0.6) is 0 Å². The monoisotopic (exact) mass is 189 g/mol. The van der Waals surface area contributed by atoms with Gasteiger partial charge in [0, 0.05) is 5.92 Å². The number of primary amides is 1. The molecule has 0 saturated heterocycles. The summed E-state index contributed by atoms with van der Waals surface area (Å²) in [7, 11) is 0. The second-order valence-corrected chi connectivity index (χ2v) is 3.59. The third kappa shape index (κ3) is 4.25. The quantitative estimate of drug-likeness (QED) is 0.676. The zero-order valence-corrected chi connectivity index (χ0v) is 8.77. The van der Waals surface area contributed by atoms with Crippen LogP contribution < -0.4 is 5.73 Å². The Morgan fingerprint density at radius 1 is 1.38 bits per heavy atom. The summed E-state index contributed by atoms with van der Waals surface area (Å²) < 4.78 is 13.2. The number of hydrogen-bond acceptors (Lipinski definition) is 1. The lowest BCUT2D eigenvalue weighted by Crippen LogP contribution is -2.32. The van der Waals surface area contributed by atoms with Gasteiger partial charge in [0.05, 0.1) is 0 Å². The minimum Gasteiger partial charge on any atom is -0.369 e. The summed E-state index contributed by atoms with van der Waals surface area (Å²) >= 11 is 0. The molecule has 0 aromatic rings. The Labute approximate surface area is 79.7 Å². The van der Waals surface area contributed by atoms with Gasteiger partial charge in [-0.25, -0.2) is 4.39 Å². The van der Waals surface area contributed by atoms with E-state index in [4.69, 9.17) is 5.73 Å². The zero-order valence-electron chi connectivity index (χ0n) is 8.77. The number of carbonyl (C=O) groups excluding carboxylic acids is 1. The zero-order chi connectivity index (χ0) is 10.5. The second-order valence-electron chi connectivity index (χ2n) is 3.59. The van der Waals surface area contributed by atoms with Crippen LogP contribution >= 0.6 is 0 Å². The third-order valence-corrected chi connectivity index (χ3v) is 2.43. The number of carbonyl (C=O) groups is 1. The Bertz CT molecular complexity index is 158. The smallest absolute Gasteiger partial charge is 0.220 e. The van der Waals surface area contributed by atoms with E-state index in [0.717, 1.165) is 0 Å². The van der Waals surface area contributed by atoms with E-state index >= 15 is 0 Å². The molecule has 0 bridgehead atoms. The Balaban J connectivity index is 0.000000671. The molecule has 0 atom stereocenters. The first kappa shape index (κ1) is 12.4. The van der Waals surface area contributed by atoms with Crippen molar-refractivity contribution in [1.29, 1.82) is 0 Å². The van der Waals surface area contributed by atoms with Crippen LogP contribution in [-0.2, 0) is 4.79 Å². The predicted octanol–water partition coefficient (Wildman–Crippen LogP) is 2.42. The molecule has 3 heteroatoms. The molecule has 0 aliphatic heterocycles. The van der Waals surface area contributed by atoms with Gasteiger partial charge in [0.15, 0.2) is 0 Å². The fraction of sp³-hybridized carbons (Fsp3) is 0.900. The van der Waals surface area contributed by atoms with Crippen molar-refractivity contribution >= 4 is 5.91 Å². The van der Waals surface area contributed by atoms with Gasteiger partial charge in [0.2, 0.25) is 5.91 Å². The second kappa shape index (κ2) is 5.20. The molecule has 1 aliphatic rings. The largest absolute Gasteiger partial charge is 0.369 e. The highest BCUT2D eigenvalue weighted by atomic mass is 19.1. The Morgan fingerprint density at radius 3 is 2.08 bits per heavy atom. The summed E-state index contributed by atoms with van der Waals surface area (Å²) in [6.07, 6.45) is 2.17. The lowest BCUT2D eigenvalue weighted by atomic mass is 9.81. The number of hydrogen-bond donors (Lipinski definition) is 1. The number of halogens is 1. The maximum absolute atomic E-state index is 13.2. The van der Waals surface area contributed by atoms with Gasteiger partial charge in [0.1, 0.15) is 5.67 Å². The van der Waals surface area contributed by atoms with Gasteiger partial charge in [-0.3, -0.25) is 4.79 Å². The fourth-order valence-electron chi connectivity index (χ4n) is 1.50. The standard InChI is InChI=1S/C8H14FNO.C2H6/c1-8(9)4-2-6(3-5-8)7(10)11;1-2/h6H,2-5H2,1H3,(H2,10,11);1-2H3. The van der Waals surface area contributed by atoms with Crippen LogP contribution in [0.15, 0.2) is 0 Å². The van der Waals surface area contributed by atoms with Gasteiger partial charge in [0.25, 0.3) is 0 Å². The van der Waals surface area contributed by atoms with E-state index in [1.54, 1.807) is 6.92 Å². The van der Waals surface area contributed by atoms with Crippen molar-refractivity contribution in [3.05, 3.63) is 0 Å². The van der Waals surface area contributed by atoms with Crippen LogP contribution in [0.4, 0.5) is 4.39 Å². The maximum Gasteiger partial charge on any atom is 0.220 e. The number of alkyl halides is 1. The molecule has 0 aromatic heterocycles. The molecule has 0 radical (unpaired) electrons. The van der Waals surface area contributed by atoms with Crippen LogP contribution in [-0.4, -0.2) is 11.6 Å². The molecule has 0 spiro atoms. The first-order valence-corrected chi connectivity index (χ1v) is 4.99. The molecule has 0 unspecified atom stereocenters. The molecule has 0 heterocycles. The molecule has 1 rings (SSSR count). The average molecular weight is 189 g/mol. The minimum absolute atomic E-state index is 0.0844. The highest BCUT2D eigenvalue weighted by Crippen LogP contribution is 2.34. The number of amides is 1. The Morgan fingerprint density at radius 2 is 1.77 bits per heavy atom. The summed E-state index contributed by atoms with van der Waals surface area (Å²) in [5, 5.41) is 0. The summed E-state index contributed by atoms with van der Waals surface area (Å²) in [4.78, 5) is 10.7. The highest BCUT2D eigenvalue weighted by Gasteiger charge is 2.32. The van der Waals surface area contributed by atoms with Gasteiger partial charge in [-0.2, -0.15) is 0 Å². The minimum atomic E-state index is -1.06. The van der Waals surface area contributed by atoms with E-state index < -0.39 is 5.67 Å². The molecule has 0 aromatic carbocycles. The van der Waals surface area contributed by atoms with Crippen molar-refractivity contribution < 1.29 is 9.18 Å². The van der Waals surface area contributed by atoms with Crippen LogP contribution in [0.3, 0.4) is 0 Å². The fourth-order valence-corrected chi connectivity index (χ4v) is 1.50. The summed E-state index contributed by atoms with van der Waals surface area (Å²) in [5.74, 6) is -0.362.